The van der Waals surface area contributed by atoms with Gasteiger partial charge in [0.1, 0.15) is 17.4 Å². The molecule has 2 atom stereocenters. The molecule has 0 saturated heterocycles. The van der Waals surface area contributed by atoms with E-state index in [0.717, 1.165) is 12.1 Å². The van der Waals surface area contributed by atoms with Crippen molar-refractivity contribution in [1.82, 2.24) is 10.9 Å². The summed E-state index contributed by atoms with van der Waals surface area (Å²) >= 11 is 0. The van der Waals surface area contributed by atoms with Crippen molar-refractivity contribution < 1.29 is 36.6 Å². The zero-order valence-corrected chi connectivity index (χ0v) is 27.5. The second kappa shape index (κ2) is 16.4. The number of halogens is 2. The van der Waals surface area contributed by atoms with Crippen LogP contribution in [-0.2, 0) is 32.5 Å². The molecule has 0 fully saturated rings. The molecular formula is C35H34F2N6O6S. The van der Waals surface area contributed by atoms with E-state index in [4.69, 9.17) is 25.1 Å². The topological polar surface area (TPSA) is 175 Å². The Morgan fingerprint density at radius 3 is 2.48 bits per heavy atom. The number of hydrogen-bond acceptors (Lipinski definition) is 9. The number of amides is 1. The molecule has 0 spiro atoms. The highest BCUT2D eigenvalue weighted by Gasteiger charge is 2.54. The quantitative estimate of drug-likeness (QED) is 0.0455. The number of benzene rings is 4. The van der Waals surface area contributed by atoms with E-state index < -0.39 is 44.8 Å². The van der Waals surface area contributed by atoms with Crippen molar-refractivity contribution in [2.45, 2.75) is 42.5 Å². The van der Waals surface area contributed by atoms with Crippen molar-refractivity contribution in [3.63, 3.8) is 0 Å². The molecule has 1 amide bonds. The smallest absolute Gasteiger partial charge is 0.266 e. The summed E-state index contributed by atoms with van der Waals surface area (Å²) in [5, 5.41) is 12.8. The number of rotatable bonds is 16. The van der Waals surface area contributed by atoms with Crippen LogP contribution in [0.2, 0.25) is 0 Å². The highest BCUT2D eigenvalue weighted by atomic mass is 32.2. The summed E-state index contributed by atoms with van der Waals surface area (Å²) in [6.07, 6.45) is -1.12. The van der Waals surface area contributed by atoms with Gasteiger partial charge < -0.3 is 14.6 Å². The highest BCUT2D eigenvalue weighted by Crippen LogP contribution is 2.44. The van der Waals surface area contributed by atoms with Crippen LogP contribution in [-0.4, -0.2) is 49.8 Å². The maximum absolute atomic E-state index is 14.4. The van der Waals surface area contributed by atoms with Gasteiger partial charge in [0.25, 0.3) is 5.91 Å². The standard InChI is InChI=1S/C35H34F2N6O6S/c36-27-14-11-26(31(37)21-27)23-39-42-34(45)35(17-20-50(46,47)29-8-2-1-3-9-29)32(30-10-5-4-7-25(30)22-40-43-38)49-33(41-35)24-12-15-28(16-13-24)48-19-6-18-44/h1-5,7-16,21,32,39,44H,6,17-20,22-23H2,(H,42,45)/t32-,35-/m0/s1. The van der Waals surface area contributed by atoms with Gasteiger partial charge in [0.2, 0.25) is 5.90 Å². The third-order valence-electron chi connectivity index (χ3n) is 8.02. The summed E-state index contributed by atoms with van der Waals surface area (Å²) in [5.41, 5.74) is 13.8. The maximum atomic E-state index is 14.4. The number of aliphatic imine (C=N–C) groups is 1. The summed E-state index contributed by atoms with van der Waals surface area (Å²) in [5.74, 6) is -2.33. The van der Waals surface area contributed by atoms with Gasteiger partial charge >= 0.3 is 0 Å². The van der Waals surface area contributed by atoms with Crippen LogP contribution in [0.4, 0.5) is 8.78 Å². The minimum absolute atomic E-state index is 0.0247. The van der Waals surface area contributed by atoms with Crippen LogP contribution in [0.3, 0.4) is 0 Å². The molecule has 1 aliphatic heterocycles. The molecule has 0 aliphatic carbocycles. The fourth-order valence-electron chi connectivity index (χ4n) is 5.42. The molecule has 0 bridgehead atoms. The van der Waals surface area contributed by atoms with Gasteiger partial charge in [-0.2, -0.15) is 0 Å². The van der Waals surface area contributed by atoms with E-state index in [0.29, 0.717) is 35.5 Å². The zero-order valence-electron chi connectivity index (χ0n) is 26.7. The third kappa shape index (κ3) is 8.44. The Kier molecular flexibility index (Phi) is 11.8. The lowest BCUT2D eigenvalue weighted by molar-refractivity contribution is -0.130. The summed E-state index contributed by atoms with van der Waals surface area (Å²) < 4.78 is 67.1. The van der Waals surface area contributed by atoms with E-state index in [2.05, 4.69) is 20.9 Å². The summed E-state index contributed by atoms with van der Waals surface area (Å²) in [7, 11) is -3.93. The van der Waals surface area contributed by atoms with Crippen molar-refractivity contribution in [3.8, 4) is 5.75 Å². The average Bonchev–Trinajstić information content (AvgIpc) is 3.52. The molecule has 260 valence electrons. The monoisotopic (exact) mass is 704 g/mol. The van der Waals surface area contributed by atoms with Crippen molar-refractivity contribution in [3.05, 3.63) is 141 Å². The van der Waals surface area contributed by atoms with Crippen molar-refractivity contribution in [2.24, 2.45) is 10.1 Å². The molecule has 0 unspecified atom stereocenters. The Morgan fingerprint density at radius 1 is 1.02 bits per heavy atom. The van der Waals surface area contributed by atoms with Gasteiger partial charge in [0, 0.05) is 48.1 Å². The molecule has 1 heterocycles. The van der Waals surface area contributed by atoms with Crippen LogP contribution >= 0.6 is 0 Å². The summed E-state index contributed by atoms with van der Waals surface area (Å²) in [6.45, 7) is -0.0537. The molecule has 0 aromatic heterocycles. The first-order chi connectivity index (χ1) is 24.2. The number of sulfone groups is 1. The summed E-state index contributed by atoms with van der Waals surface area (Å²) in [6, 6.07) is 24.3. The fourth-order valence-corrected chi connectivity index (χ4v) is 6.81. The Bertz CT molecular complexity index is 1990. The van der Waals surface area contributed by atoms with E-state index in [1.807, 2.05) is 0 Å². The molecule has 0 radical (unpaired) electrons. The van der Waals surface area contributed by atoms with Crippen LogP contribution in [0.15, 0.2) is 112 Å². The van der Waals surface area contributed by atoms with E-state index in [9.17, 15) is 22.0 Å². The number of nitrogens with zero attached hydrogens (tertiary/aromatic N) is 4. The Hall–Kier alpha value is -5.34. The average molecular weight is 705 g/mol. The van der Waals surface area contributed by atoms with Crippen LogP contribution < -0.4 is 15.6 Å². The molecule has 3 N–H and O–H groups in total. The first kappa shape index (κ1) is 36.0. The predicted molar refractivity (Wildman–Crippen MR) is 180 cm³/mol. The number of hydrogen-bond donors (Lipinski definition) is 3. The zero-order chi connectivity index (χ0) is 35.6. The van der Waals surface area contributed by atoms with Crippen molar-refractivity contribution in [2.75, 3.05) is 19.0 Å². The molecule has 0 saturated carbocycles. The van der Waals surface area contributed by atoms with Gasteiger partial charge in [-0.15, -0.1) is 0 Å². The Labute approximate surface area is 287 Å². The fraction of sp³-hybridized carbons (Fsp3) is 0.257. The van der Waals surface area contributed by atoms with Crippen molar-refractivity contribution >= 4 is 21.6 Å². The minimum atomic E-state index is -3.93. The van der Waals surface area contributed by atoms with Gasteiger partial charge in [0.15, 0.2) is 21.5 Å². The number of carbonyl (C=O) groups excluding carboxylic acids is 1. The number of azide groups is 1. The molecule has 5 rings (SSSR count). The molecule has 15 heteroatoms. The van der Waals surface area contributed by atoms with E-state index >= 15 is 0 Å². The second-order valence-electron chi connectivity index (χ2n) is 11.3. The number of nitrogens with one attached hydrogen (secondary N) is 2. The molecule has 1 aliphatic rings. The second-order valence-corrected chi connectivity index (χ2v) is 13.4. The lowest BCUT2D eigenvalue weighted by atomic mass is 9.83. The Balaban J connectivity index is 1.57. The number of aliphatic hydroxyl groups excluding tert-OH is 1. The van der Waals surface area contributed by atoms with E-state index in [1.54, 1.807) is 66.7 Å². The van der Waals surface area contributed by atoms with Crippen LogP contribution in [0.25, 0.3) is 10.4 Å². The van der Waals surface area contributed by atoms with E-state index in [1.165, 1.54) is 18.2 Å². The Morgan fingerprint density at radius 2 is 1.76 bits per heavy atom. The molecule has 4 aromatic rings. The van der Waals surface area contributed by atoms with Gasteiger partial charge in [-0.1, -0.05) is 53.6 Å². The van der Waals surface area contributed by atoms with E-state index in [-0.39, 0.29) is 42.5 Å². The normalized spacial score (nSPS) is 16.9. The number of carbonyl (C=O) groups is 1. The minimum Gasteiger partial charge on any atom is -0.494 e. The molecule has 50 heavy (non-hydrogen) atoms. The van der Waals surface area contributed by atoms with Gasteiger partial charge in [-0.25, -0.2) is 27.6 Å². The first-order valence-electron chi connectivity index (χ1n) is 15.6. The molecule has 12 nitrogen and oxygen atoms in total. The number of aliphatic hydroxyl groups is 1. The lowest BCUT2D eigenvalue weighted by Crippen LogP contribution is -2.53. The van der Waals surface area contributed by atoms with Crippen LogP contribution in [0, 0.1) is 11.6 Å². The highest BCUT2D eigenvalue weighted by molar-refractivity contribution is 7.91. The van der Waals surface area contributed by atoms with Gasteiger partial charge in [-0.3, -0.25) is 10.2 Å². The molecule has 4 aromatic carbocycles. The maximum Gasteiger partial charge on any atom is 0.266 e. The SMILES string of the molecule is [N-]=[N+]=NCc1ccccc1[C@@H]1OC(c2ccc(OCCCO)cc2)=N[C@]1(CCS(=O)(=O)c1ccccc1)C(=O)NNCc1ccc(F)cc1F. The van der Waals surface area contributed by atoms with Crippen molar-refractivity contribution in [1.29, 1.82) is 0 Å². The first-order valence-corrected chi connectivity index (χ1v) is 17.3. The third-order valence-corrected chi connectivity index (χ3v) is 9.75. The number of hydrazine groups is 1. The van der Waals surface area contributed by atoms with Crippen LogP contribution in [0.5, 0.6) is 5.75 Å². The van der Waals surface area contributed by atoms with Gasteiger partial charge in [-0.05, 0) is 59.1 Å². The number of ether oxygens (including phenoxy) is 2. The largest absolute Gasteiger partial charge is 0.494 e. The predicted octanol–water partition coefficient (Wildman–Crippen LogP) is 5.48. The lowest BCUT2D eigenvalue weighted by Gasteiger charge is -2.31. The van der Waals surface area contributed by atoms with Gasteiger partial charge in [0.05, 0.1) is 23.8 Å². The van der Waals surface area contributed by atoms with Crippen LogP contribution in [0.1, 0.15) is 41.2 Å². The molecular weight excluding hydrogens is 670 g/mol. The summed E-state index contributed by atoms with van der Waals surface area (Å²) in [4.78, 5) is 22.1.